The zero-order chi connectivity index (χ0) is 18.5. The largest absolute Gasteiger partial charge is 0.474 e. The summed E-state index contributed by atoms with van der Waals surface area (Å²) < 4.78 is 6.09. The number of aliphatic imine (C=N–C) groups is 1. The zero-order valence-electron chi connectivity index (χ0n) is 15.9. The molecule has 0 unspecified atom stereocenters. The number of hydrogen-bond donors (Lipinski definition) is 1. The van der Waals surface area contributed by atoms with Crippen LogP contribution in [0.25, 0.3) is 0 Å². The molecule has 1 saturated heterocycles. The number of ether oxygens (including phenoxy) is 1. The lowest BCUT2D eigenvalue weighted by molar-refractivity contribution is 0.199. The van der Waals surface area contributed by atoms with E-state index >= 15 is 0 Å². The third kappa shape index (κ3) is 5.25. The van der Waals surface area contributed by atoms with Crippen LogP contribution in [0.1, 0.15) is 31.2 Å². The molecule has 3 heterocycles. The second-order valence-electron chi connectivity index (χ2n) is 6.96. The Morgan fingerprint density at radius 1 is 1.18 bits per heavy atom. The monoisotopic (exact) mass is 514 g/mol. The first-order valence-corrected chi connectivity index (χ1v) is 10.5. The van der Waals surface area contributed by atoms with E-state index in [-0.39, 0.29) is 24.0 Å². The molecule has 1 aliphatic heterocycles. The van der Waals surface area contributed by atoms with Crippen LogP contribution in [0.4, 0.5) is 5.13 Å². The molecule has 0 atom stereocenters. The number of nitrogens with zero attached hydrogens (tertiary/aromatic N) is 5. The fourth-order valence-electron chi connectivity index (χ4n) is 3.58. The maximum absolute atomic E-state index is 6.26. The Kier molecular flexibility index (Phi) is 7.72. The molecule has 4 rings (SSSR count). The second kappa shape index (κ2) is 10.2. The number of halogens is 1. The van der Waals surface area contributed by atoms with Gasteiger partial charge in [-0.2, -0.15) is 0 Å². The highest BCUT2D eigenvalue weighted by atomic mass is 127. The van der Waals surface area contributed by atoms with Crippen molar-refractivity contribution in [2.45, 2.75) is 38.3 Å². The van der Waals surface area contributed by atoms with Crippen molar-refractivity contribution in [3.63, 3.8) is 0 Å². The van der Waals surface area contributed by atoms with Crippen molar-refractivity contribution in [2.75, 3.05) is 31.1 Å². The molecule has 0 spiro atoms. The van der Waals surface area contributed by atoms with Gasteiger partial charge in [0, 0.05) is 49.5 Å². The Bertz CT molecular complexity index is 758. The van der Waals surface area contributed by atoms with E-state index in [9.17, 15) is 0 Å². The van der Waals surface area contributed by atoms with Crippen LogP contribution < -0.4 is 15.4 Å². The van der Waals surface area contributed by atoms with Crippen LogP contribution in [0, 0.1) is 0 Å². The molecule has 2 aromatic rings. The quantitative estimate of drug-likeness (QED) is 0.376. The fraction of sp³-hybridized carbons (Fsp3) is 0.526. The van der Waals surface area contributed by atoms with Crippen molar-refractivity contribution in [1.82, 2.24) is 14.9 Å². The summed E-state index contributed by atoms with van der Waals surface area (Å²) in [5, 5.41) is 3.09. The highest BCUT2D eigenvalue weighted by Gasteiger charge is 2.21. The predicted molar refractivity (Wildman–Crippen MR) is 124 cm³/mol. The number of piperazine rings is 1. The molecule has 0 bridgehead atoms. The minimum Gasteiger partial charge on any atom is -0.474 e. The SMILES string of the molecule is I.NC(=NCc1cccnc1OC1CCCC1)N1CCN(c2nccs2)CC1. The van der Waals surface area contributed by atoms with Gasteiger partial charge in [-0.25, -0.2) is 15.0 Å². The lowest BCUT2D eigenvalue weighted by atomic mass is 10.2. The van der Waals surface area contributed by atoms with E-state index in [4.69, 9.17) is 10.5 Å². The van der Waals surface area contributed by atoms with E-state index in [2.05, 4.69) is 24.8 Å². The summed E-state index contributed by atoms with van der Waals surface area (Å²) in [5.74, 6) is 1.29. The third-order valence-corrected chi connectivity index (χ3v) is 5.97. The van der Waals surface area contributed by atoms with E-state index in [1.807, 2.05) is 23.7 Å². The van der Waals surface area contributed by atoms with Gasteiger partial charge in [-0.3, -0.25) is 0 Å². The van der Waals surface area contributed by atoms with E-state index in [1.54, 1.807) is 17.5 Å². The predicted octanol–water partition coefficient (Wildman–Crippen LogP) is 3.11. The van der Waals surface area contributed by atoms with Gasteiger partial charge in [0.05, 0.1) is 6.54 Å². The van der Waals surface area contributed by atoms with Crippen LogP contribution in [0.3, 0.4) is 0 Å². The fourth-order valence-corrected chi connectivity index (χ4v) is 4.28. The van der Waals surface area contributed by atoms with Gasteiger partial charge in [-0.15, -0.1) is 35.3 Å². The number of nitrogens with two attached hydrogens (primary N) is 1. The molecule has 0 amide bonds. The molecular weight excluding hydrogens is 487 g/mol. The molecule has 28 heavy (non-hydrogen) atoms. The van der Waals surface area contributed by atoms with Crippen molar-refractivity contribution in [3.05, 3.63) is 35.5 Å². The summed E-state index contributed by atoms with van der Waals surface area (Å²) in [5.41, 5.74) is 7.25. The molecule has 2 aromatic heterocycles. The summed E-state index contributed by atoms with van der Waals surface area (Å²) in [6.45, 7) is 4.02. The Labute approximate surface area is 187 Å². The lowest BCUT2D eigenvalue weighted by Crippen LogP contribution is -2.51. The minimum atomic E-state index is 0. The highest BCUT2D eigenvalue weighted by molar-refractivity contribution is 14.0. The third-order valence-electron chi connectivity index (χ3n) is 5.14. The first kappa shape index (κ1) is 21.1. The number of pyridine rings is 1. The van der Waals surface area contributed by atoms with E-state index in [1.165, 1.54) is 12.8 Å². The van der Waals surface area contributed by atoms with Crippen molar-refractivity contribution >= 4 is 46.4 Å². The summed E-state index contributed by atoms with van der Waals surface area (Å²) in [6.07, 6.45) is 8.63. The molecule has 9 heteroatoms. The van der Waals surface area contributed by atoms with Gasteiger partial charge in [0.2, 0.25) is 5.88 Å². The first-order valence-electron chi connectivity index (χ1n) is 9.59. The number of anilines is 1. The van der Waals surface area contributed by atoms with E-state index in [0.29, 0.717) is 24.5 Å². The van der Waals surface area contributed by atoms with Gasteiger partial charge in [0.1, 0.15) is 6.10 Å². The molecule has 1 aliphatic carbocycles. The lowest BCUT2D eigenvalue weighted by Gasteiger charge is -2.35. The highest BCUT2D eigenvalue weighted by Crippen LogP contribution is 2.25. The maximum Gasteiger partial charge on any atom is 0.218 e. The van der Waals surface area contributed by atoms with Crippen molar-refractivity contribution in [1.29, 1.82) is 0 Å². The van der Waals surface area contributed by atoms with Crippen LogP contribution in [0.15, 0.2) is 34.9 Å². The molecule has 2 N–H and O–H groups in total. The summed E-state index contributed by atoms with van der Waals surface area (Å²) in [7, 11) is 0. The number of aromatic nitrogens is 2. The van der Waals surface area contributed by atoms with Crippen molar-refractivity contribution in [2.24, 2.45) is 10.7 Å². The Balaban J connectivity index is 0.00000225. The van der Waals surface area contributed by atoms with Gasteiger partial charge in [0.25, 0.3) is 0 Å². The van der Waals surface area contributed by atoms with Crippen molar-refractivity contribution in [3.8, 4) is 5.88 Å². The van der Waals surface area contributed by atoms with Crippen LogP contribution >= 0.6 is 35.3 Å². The Morgan fingerprint density at radius 3 is 2.68 bits per heavy atom. The normalized spacial score (nSPS) is 18.2. The van der Waals surface area contributed by atoms with Gasteiger partial charge in [-0.1, -0.05) is 6.07 Å². The molecule has 0 radical (unpaired) electrons. The zero-order valence-corrected chi connectivity index (χ0v) is 19.0. The van der Waals surface area contributed by atoms with Crippen molar-refractivity contribution < 1.29 is 4.74 Å². The molecule has 2 aliphatic rings. The minimum absolute atomic E-state index is 0. The van der Waals surface area contributed by atoms with Gasteiger partial charge in [-0.05, 0) is 31.7 Å². The number of hydrogen-bond acceptors (Lipinski definition) is 6. The summed E-state index contributed by atoms with van der Waals surface area (Å²) in [4.78, 5) is 17.8. The number of rotatable bonds is 5. The maximum atomic E-state index is 6.26. The van der Waals surface area contributed by atoms with Crippen LogP contribution in [0.2, 0.25) is 0 Å². The van der Waals surface area contributed by atoms with E-state index < -0.39 is 0 Å². The van der Waals surface area contributed by atoms with Crippen LogP contribution in [-0.4, -0.2) is 53.1 Å². The topological polar surface area (TPSA) is 79.9 Å². The average molecular weight is 514 g/mol. The molecule has 2 fully saturated rings. The van der Waals surface area contributed by atoms with Crippen LogP contribution in [-0.2, 0) is 6.54 Å². The summed E-state index contributed by atoms with van der Waals surface area (Å²) in [6, 6.07) is 3.95. The van der Waals surface area contributed by atoms with Crippen LogP contribution in [0.5, 0.6) is 5.88 Å². The van der Waals surface area contributed by atoms with E-state index in [0.717, 1.165) is 49.7 Å². The standard InChI is InChI=1S/C19H26N6OS.HI/c20-18(24-9-11-25(12-10-24)19-22-8-13-27-19)23-14-15-4-3-7-21-17(15)26-16-5-1-2-6-16;/h3-4,7-8,13,16H,1-2,5-6,9-12,14H2,(H2,20,23);1H. The second-order valence-corrected chi connectivity index (χ2v) is 7.83. The number of thiazole rings is 1. The molecule has 1 saturated carbocycles. The Hall–Kier alpha value is -1.62. The molecule has 7 nitrogen and oxygen atoms in total. The average Bonchev–Trinajstić information content (AvgIpc) is 3.41. The molecular formula is C19H27IN6OS. The smallest absolute Gasteiger partial charge is 0.218 e. The number of guanidine groups is 1. The van der Waals surface area contributed by atoms with Gasteiger partial charge in [0.15, 0.2) is 11.1 Å². The Morgan fingerprint density at radius 2 is 1.96 bits per heavy atom. The first-order chi connectivity index (χ1) is 13.3. The van der Waals surface area contributed by atoms with Gasteiger partial charge < -0.3 is 20.3 Å². The summed E-state index contributed by atoms with van der Waals surface area (Å²) >= 11 is 1.67. The molecule has 0 aromatic carbocycles. The van der Waals surface area contributed by atoms with Gasteiger partial charge >= 0.3 is 0 Å². The molecule has 152 valence electrons.